The second-order valence-corrected chi connectivity index (χ2v) is 8.00. The second-order valence-electron chi connectivity index (χ2n) is 5.41. The summed E-state index contributed by atoms with van der Waals surface area (Å²) in [7, 11) is -3.53. The van der Waals surface area contributed by atoms with Gasteiger partial charge >= 0.3 is 0 Å². The zero-order valence-electron chi connectivity index (χ0n) is 12.1. The summed E-state index contributed by atoms with van der Waals surface area (Å²) >= 11 is 3.29. The maximum atomic E-state index is 12.2. The summed E-state index contributed by atoms with van der Waals surface area (Å²) in [6.45, 7) is 3.50. The number of nitrogens with one attached hydrogen (secondary N) is 1. The second kappa shape index (κ2) is 7.09. The first-order chi connectivity index (χ1) is 9.90. The molecule has 0 unspecified atom stereocenters. The van der Waals surface area contributed by atoms with Crippen LogP contribution in [-0.2, 0) is 14.8 Å². The fraction of sp³-hybridized carbons (Fsp3) is 0.571. The minimum atomic E-state index is -3.53. The number of hydrogen-bond acceptors (Lipinski definition) is 4. The Morgan fingerprint density at radius 2 is 2.14 bits per heavy atom. The van der Waals surface area contributed by atoms with E-state index in [1.165, 1.54) is 18.9 Å². The highest BCUT2D eigenvalue weighted by Gasteiger charge is 2.21. The molecule has 21 heavy (non-hydrogen) atoms. The summed E-state index contributed by atoms with van der Waals surface area (Å²) in [5, 5.41) is 0. The third kappa shape index (κ3) is 4.95. The first-order valence-electron chi connectivity index (χ1n) is 7.03. The standard InChI is InChI=1S/C14H21BrN2O3S/c1-10-7-12(15)13(16)8-14(10)21(18,19)17-5-2-6-20-9-11-3-4-11/h7-8,11,17H,2-6,9,16H2,1H3. The summed E-state index contributed by atoms with van der Waals surface area (Å²) < 4.78 is 33.3. The van der Waals surface area contributed by atoms with E-state index < -0.39 is 10.0 Å². The van der Waals surface area contributed by atoms with Crippen LogP contribution in [0.1, 0.15) is 24.8 Å². The number of rotatable bonds is 8. The highest BCUT2D eigenvalue weighted by molar-refractivity contribution is 9.10. The normalized spacial score (nSPS) is 15.3. The Morgan fingerprint density at radius 1 is 1.43 bits per heavy atom. The first-order valence-corrected chi connectivity index (χ1v) is 9.31. The van der Waals surface area contributed by atoms with Crippen molar-refractivity contribution < 1.29 is 13.2 Å². The average molecular weight is 377 g/mol. The minimum Gasteiger partial charge on any atom is -0.398 e. The van der Waals surface area contributed by atoms with Crippen molar-refractivity contribution in [2.24, 2.45) is 5.92 Å². The molecule has 0 bridgehead atoms. The molecule has 5 nitrogen and oxygen atoms in total. The van der Waals surface area contributed by atoms with E-state index in [-0.39, 0.29) is 4.90 Å². The Labute approximate surface area is 134 Å². The van der Waals surface area contributed by atoms with Crippen molar-refractivity contribution in [2.45, 2.75) is 31.1 Å². The summed E-state index contributed by atoms with van der Waals surface area (Å²) in [4.78, 5) is 0.224. The van der Waals surface area contributed by atoms with Gasteiger partial charge in [-0.1, -0.05) is 0 Å². The lowest BCUT2D eigenvalue weighted by atomic mass is 10.2. The molecule has 1 aliphatic rings. The molecule has 1 aromatic carbocycles. The Hall–Kier alpha value is -0.630. The molecule has 118 valence electrons. The van der Waals surface area contributed by atoms with E-state index in [0.717, 1.165) is 12.5 Å². The van der Waals surface area contributed by atoms with Gasteiger partial charge < -0.3 is 10.5 Å². The van der Waals surface area contributed by atoms with Crippen LogP contribution < -0.4 is 10.5 Å². The maximum absolute atomic E-state index is 12.2. The van der Waals surface area contributed by atoms with Gasteiger partial charge in [-0.05, 0) is 65.7 Å². The highest BCUT2D eigenvalue weighted by atomic mass is 79.9. The van der Waals surface area contributed by atoms with E-state index >= 15 is 0 Å². The van der Waals surface area contributed by atoms with Gasteiger partial charge in [0.2, 0.25) is 10.0 Å². The topological polar surface area (TPSA) is 81.4 Å². The maximum Gasteiger partial charge on any atom is 0.240 e. The molecule has 0 radical (unpaired) electrons. The molecule has 3 N–H and O–H groups in total. The van der Waals surface area contributed by atoms with Crippen LogP contribution >= 0.6 is 15.9 Å². The molecule has 2 rings (SSSR count). The lowest BCUT2D eigenvalue weighted by Gasteiger charge is -2.11. The number of halogens is 1. The Kier molecular flexibility index (Phi) is 5.65. The van der Waals surface area contributed by atoms with E-state index in [0.29, 0.717) is 35.3 Å². The number of sulfonamides is 1. The highest BCUT2D eigenvalue weighted by Crippen LogP contribution is 2.28. The van der Waals surface area contributed by atoms with Gasteiger partial charge in [0.15, 0.2) is 0 Å². The van der Waals surface area contributed by atoms with Gasteiger partial charge in [0, 0.05) is 29.9 Å². The molecule has 0 aliphatic heterocycles. The van der Waals surface area contributed by atoms with Gasteiger partial charge in [-0.2, -0.15) is 0 Å². The van der Waals surface area contributed by atoms with Gasteiger partial charge in [0.1, 0.15) is 0 Å². The van der Waals surface area contributed by atoms with Crippen molar-refractivity contribution in [3.8, 4) is 0 Å². The van der Waals surface area contributed by atoms with Crippen molar-refractivity contribution in [3.63, 3.8) is 0 Å². The van der Waals surface area contributed by atoms with Crippen LogP contribution in [0.2, 0.25) is 0 Å². The lowest BCUT2D eigenvalue weighted by Crippen LogP contribution is -2.26. The van der Waals surface area contributed by atoms with E-state index in [1.54, 1.807) is 13.0 Å². The summed E-state index contributed by atoms with van der Waals surface area (Å²) in [6.07, 6.45) is 3.19. The fourth-order valence-corrected chi connectivity index (χ4v) is 3.74. The third-order valence-corrected chi connectivity index (χ3v) is 5.68. The van der Waals surface area contributed by atoms with Crippen LogP contribution in [0.3, 0.4) is 0 Å². The van der Waals surface area contributed by atoms with Crippen LogP contribution in [0.5, 0.6) is 0 Å². The molecule has 0 atom stereocenters. The Morgan fingerprint density at radius 3 is 2.81 bits per heavy atom. The van der Waals surface area contributed by atoms with Crippen molar-refractivity contribution in [1.82, 2.24) is 4.72 Å². The van der Waals surface area contributed by atoms with Gasteiger partial charge in [0.25, 0.3) is 0 Å². The van der Waals surface area contributed by atoms with E-state index in [1.807, 2.05) is 0 Å². The number of nitrogen functional groups attached to an aromatic ring is 1. The SMILES string of the molecule is Cc1cc(Br)c(N)cc1S(=O)(=O)NCCCOCC1CC1. The van der Waals surface area contributed by atoms with Gasteiger partial charge in [0.05, 0.1) is 4.90 Å². The number of benzene rings is 1. The molecule has 0 aromatic heterocycles. The molecule has 0 saturated heterocycles. The summed E-state index contributed by atoms with van der Waals surface area (Å²) in [5.41, 5.74) is 6.83. The molecule has 1 fully saturated rings. The first kappa shape index (κ1) is 16.7. The molecule has 1 aliphatic carbocycles. The lowest BCUT2D eigenvalue weighted by molar-refractivity contribution is 0.123. The number of ether oxygens (including phenoxy) is 1. The van der Waals surface area contributed by atoms with Gasteiger partial charge in [-0.3, -0.25) is 0 Å². The van der Waals surface area contributed by atoms with Crippen molar-refractivity contribution in [3.05, 3.63) is 22.2 Å². The van der Waals surface area contributed by atoms with Crippen LogP contribution in [0.25, 0.3) is 0 Å². The molecule has 0 spiro atoms. The van der Waals surface area contributed by atoms with E-state index in [9.17, 15) is 8.42 Å². The monoisotopic (exact) mass is 376 g/mol. The van der Waals surface area contributed by atoms with E-state index in [2.05, 4.69) is 20.7 Å². The summed E-state index contributed by atoms with van der Waals surface area (Å²) in [6, 6.07) is 3.19. The largest absolute Gasteiger partial charge is 0.398 e. The molecular weight excluding hydrogens is 356 g/mol. The number of hydrogen-bond donors (Lipinski definition) is 2. The zero-order valence-corrected chi connectivity index (χ0v) is 14.5. The predicted octanol–water partition coefficient (Wildman–Crippen LogP) is 2.43. The molecular formula is C14H21BrN2O3S. The third-order valence-electron chi connectivity index (χ3n) is 3.39. The van der Waals surface area contributed by atoms with Gasteiger partial charge in [-0.25, -0.2) is 13.1 Å². The van der Waals surface area contributed by atoms with Crippen LogP contribution in [0, 0.1) is 12.8 Å². The number of nitrogens with two attached hydrogens (primary N) is 1. The van der Waals surface area contributed by atoms with Crippen LogP contribution in [0.4, 0.5) is 5.69 Å². The smallest absolute Gasteiger partial charge is 0.240 e. The van der Waals surface area contributed by atoms with Crippen LogP contribution in [-0.4, -0.2) is 28.2 Å². The average Bonchev–Trinajstić information content (AvgIpc) is 3.22. The Balaban J connectivity index is 1.84. The zero-order chi connectivity index (χ0) is 15.5. The van der Waals surface area contributed by atoms with Crippen LogP contribution in [0.15, 0.2) is 21.5 Å². The number of aryl methyl sites for hydroxylation is 1. The Bertz CT molecular complexity index is 600. The quantitative estimate of drug-likeness (QED) is 0.539. The molecule has 7 heteroatoms. The minimum absolute atomic E-state index is 0.224. The van der Waals surface area contributed by atoms with Crippen molar-refractivity contribution >= 4 is 31.6 Å². The van der Waals surface area contributed by atoms with Crippen molar-refractivity contribution in [2.75, 3.05) is 25.5 Å². The number of anilines is 1. The summed E-state index contributed by atoms with van der Waals surface area (Å²) in [5.74, 6) is 0.732. The fourth-order valence-electron chi connectivity index (χ4n) is 1.95. The predicted molar refractivity (Wildman–Crippen MR) is 86.6 cm³/mol. The van der Waals surface area contributed by atoms with Crippen molar-refractivity contribution in [1.29, 1.82) is 0 Å². The van der Waals surface area contributed by atoms with Gasteiger partial charge in [-0.15, -0.1) is 0 Å². The van der Waals surface area contributed by atoms with E-state index in [4.69, 9.17) is 10.5 Å². The molecule has 1 saturated carbocycles. The molecule has 1 aromatic rings. The molecule has 0 amide bonds. The molecule has 0 heterocycles.